The number of nitrogens with zero attached hydrogens (tertiary/aromatic N) is 2. The van der Waals surface area contributed by atoms with E-state index in [1.807, 2.05) is 25.3 Å². The Hall–Kier alpha value is -1.62. The SMILES string of the molecule is Cc1cccc(/C=N/CC(C)C#N)c1. The van der Waals surface area contributed by atoms with Crippen molar-refractivity contribution in [3.63, 3.8) is 0 Å². The lowest BCUT2D eigenvalue weighted by Gasteiger charge is -1.96. The first kappa shape index (κ1) is 10.5. The third kappa shape index (κ3) is 3.40. The molecule has 0 aliphatic rings. The van der Waals surface area contributed by atoms with E-state index in [9.17, 15) is 0 Å². The summed E-state index contributed by atoms with van der Waals surface area (Å²) in [7, 11) is 0. The Kier molecular flexibility index (Phi) is 3.87. The van der Waals surface area contributed by atoms with Crippen molar-refractivity contribution in [1.82, 2.24) is 0 Å². The number of nitriles is 1. The molecule has 1 rings (SSSR count). The zero-order chi connectivity index (χ0) is 10.4. The molecule has 1 unspecified atom stereocenters. The fourth-order valence-electron chi connectivity index (χ4n) is 1.11. The Balaban J connectivity index is 2.57. The first-order valence-electron chi connectivity index (χ1n) is 4.68. The molecule has 2 heteroatoms. The van der Waals surface area contributed by atoms with Crippen molar-refractivity contribution in [3.05, 3.63) is 35.4 Å². The quantitative estimate of drug-likeness (QED) is 0.668. The first-order chi connectivity index (χ1) is 6.72. The van der Waals surface area contributed by atoms with E-state index in [4.69, 9.17) is 5.26 Å². The molecule has 0 fully saturated rings. The van der Waals surface area contributed by atoms with Crippen LogP contribution in [0.1, 0.15) is 18.1 Å². The van der Waals surface area contributed by atoms with Gasteiger partial charge in [-0.1, -0.05) is 29.8 Å². The lowest BCUT2D eigenvalue weighted by atomic mass is 10.1. The highest BCUT2D eigenvalue weighted by Gasteiger charge is 1.94. The average molecular weight is 186 g/mol. The van der Waals surface area contributed by atoms with Crippen molar-refractivity contribution in [2.45, 2.75) is 13.8 Å². The maximum absolute atomic E-state index is 8.55. The first-order valence-corrected chi connectivity index (χ1v) is 4.68. The van der Waals surface area contributed by atoms with E-state index in [1.165, 1.54) is 5.56 Å². The predicted octanol–water partition coefficient (Wildman–Crippen LogP) is 2.57. The van der Waals surface area contributed by atoms with Gasteiger partial charge < -0.3 is 0 Å². The minimum atomic E-state index is -0.00365. The number of aliphatic imine (C=N–C) groups is 1. The van der Waals surface area contributed by atoms with E-state index < -0.39 is 0 Å². The standard InChI is InChI=1S/C12H14N2/c1-10-4-3-5-12(6-10)9-14-8-11(2)7-13/h3-6,9,11H,8H2,1-2H3/b14-9+. The molecule has 0 aromatic heterocycles. The summed E-state index contributed by atoms with van der Waals surface area (Å²) in [4.78, 5) is 4.21. The highest BCUT2D eigenvalue weighted by molar-refractivity contribution is 5.79. The van der Waals surface area contributed by atoms with E-state index in [2.05, 4.69) is 30.1 Å². The van der Waals surface area contributed by atoms with Crippen LogP contribution in [0.25, 0.3) is 0 Å². The molecule has 1 aromatic carbocycles. The molecule has 0 bridgehead atoms. The Bertz CT molecular complexity index is 361. The minimum Gasteiger partial charge on any atom is -0.291 e. The van der Waals surface area contributed by atoms with Gasteiger partial charge in [-0.25, -0.2) is 0 Å². The molecule has 0 aliphatic heterocycles. The molecule has 0 amide bonds. The summed E-state index contributed by atoms with van der Waals surface area (Å²) in [5.41, 5.74) is 2.32. The third-order valence-corrected chi connectivity index (χ3v) is 1.88. The minimum absolute atomic E-state index is 0.00365. The van der Waals surface area contributed by atoms with Crippen molar-refractivity contribution in [2.75, 3.05) is 6.54 Å². The van der Waals surface area contributed by atoms with Gasteiger partial charge in [-0.15, -0.1) is 0 Å². The summed E-state index contributed by atoms with van der Waals surface area (Å²) in [6.07, 6.45) is 1.82. The van der Waals surface area contributed by atoms with Crippen molar-refractivity contribution >= 4 is 6.21 Å². The van der Waals surface area contributed by atoms with Gasteiger partial charge in [0, 0.05) is 6.21 Å². The van der Waals surface area contributed by atoms with Crippen LogP contribution in [0.5, 0.6) is 0 Å². The highest BCUT2D eigenvalue weighted by atomic mass is 14.7. The second-order valence-corrected chi connectivity index (χ2v) is 3.44. The maximum Gasteiger partial charge on any atom is 0.0672 e. The topological polar surface area (TPSA) is 36.1 Å². The molecule has 1 atom stereocenters. The van der Waals surface area contributed by atoms with Crippen molar-refractivity contribution in [1.29, 1.82) is 5.26 Å². The summed E-state index contributed by atoms with van der Waals surface area (Å²) in [5.74, 6) is -0.00365. The predicted molar refractivity (Wildman–Crippen MR) is 58.4 cm³/mol. The van der Waals surface area contributed by atoms with Crippen LogP contribution in [0.3, 0.4) is 0 Å². The smallest absolute Gasteiger partial charge is 0.0672 e. The van der Waals surface area contributed by atoms with Crippen LogP contribution < -0.4 is 0 Å². The van der Waals surface area contributed by atoms with Gasteiger partial charge in [0.15, 0.2) is 0 Å². The van der Waals surface area contributed by atoms with Gasteiger partial charge in [-0.05, 0) is 19.4 Å². The van der Waals surface area contributed by atoms with Crippen molar-refractivity contribution in [3.8, 4) is 6.07 Å². The second kappa shape index (κ2) is 5.18. The Morgan fingerprint density at radius 1 is 1.57 bits per heavy atom. The molecule has 14 heavy (non-hydrogen) atoms. The van der Waals surface area contributed by atoms with Crippen molar-refractivity contribution in [2.24, 2.45) is 10.9 Å². The maximum atomic E-state index is 8.55. The van der Waals surface area contributed by atoms with E-state index >= 15 is 0 Å². The molecule has 0 saturated carbocycles. The van der Waals surface area contributed by atoms with Gasteiger partial charge in [0.2, 0.25) is 0 Å². The zero-order valence-corrected chi connectivity index (χ0v) is 8.57. The molecule has 2 nitrogen and oxygen atoms in total. The fraction of sp³-hybridized carbons (Fsp3) is 0.333. The third-order valence-electron chi connectivity index (χ3n) is 1.88. The lowest BCUT2D eigenvalue weighted by Crippen LogP contribution is -1.95. The molecule has 0 spiro atoms. The molecular weight excluding hydrogens is 172 g/mol. The summed E-state index contributed by atoms with van der Waals surface area (Å²) < 4.78 is 0. The van der Waals surface area contributed by atoms with E-state index in [0.29, 0.717) is 6.54 Å². The number of rotatable bonds is 3. The van der Waals surface area contributed by atoms with Crippen LogP contribution in [-0.2, 0) is 0 Å². The van der Waals surface area contributed by atoms with Crippen LogP contribution >= 0.6 is 0 Å². The Morgan fingerprint density at radius 3 is 3.00 bits per heavy atom. The molecule has 0 N–H and O–H groups in total. The van der Waals surface area contributed by atoms with Gasteiger partial charge >= 0.3 is 0 Å². The van der Waals surface area contributed by atoms with E-state index in [-0.39, 0.29) is 5.92 Å². The Morgan fingerprint density at radius 2 is 2.36 bits per heavy atom. The summed E-state index contributed by atoms with van der Waals surface area (Å²) >= 11 is 0. The van der Waals surface area contributed by atoms with Gasteiger partial charge in [0.25, 0.3) is 0 Å². The largest absolute Gasteiger partial charge is 0.291 e. The van der Waals surface area contributed by atoms with E-state index in [0.717, 1.165) is 5.56 Å². The monoisotopic (exact) mass is 186 g/mol. The van der Waals surface area contributed by atoms with Crippen LogP contribution in [0.2, 0.25) is 0 Å². The van der Waals surface area contributed by atoms with Crippen LogP contribution in [0, 0.1) is 24.2 Å². The van der Waals surface area contributed by atoms with Gasteiger partial charge in [0.1, 0.15) is 0 Å². The molecule has 1 aromatic rings. The summed E-state index contributed by atoms with van der Waals surface area (Å²) in [5, 5.41) is 8.55. The molecule has 0 saturated heterocycles. The molecule has 0 radical (unpaired) electrons. The Labute approximate surface area is 84.9 Å². The van der Waals surface area contributed by atoms with Gasteiger partial charge in [-0.3, -0.25) is 4.99 Å². The van der Waals surface area contributed by atoms with Crippen molar-refractivity contribution < 1.29 is 0 Å². The fourth-order valence-corrected chi connectivity index (χ4v) is 1.11. The lowest BCUT2D eigenvalue weighted by molar-refractivity contribution is 0.759. The van der Waals surface area contributed by atoms with Gasteiger partial charge in [-0.2, -0.15) is 5.26 Å². The van der Waals surface area contributed by atoms with Gasteiger partial charge in [0.05, 0.1) is 18.5 Å². The molecule has 0 heterocycles. The zero-order valence-electron chi connectivity index (χ0n) is 8.57. The molecule has 72 valence electrons. The number of hydrogen-bond acceptors (Lipinski definition) is 2. The number of aryl methyl sites for hydroxylation is 1. The number of benzene rings is 1. The van der Waals surface area contributed by atoms with Crippen LogP contribution in [-0.4, -0.2) is 12.8 Å². The van der Waals surface area contributed by atoms with E-state index in [1.54, 1.807) is 0 Å². The normalized spacial score (nSPS) is 12.6. The van der Waals surface area contributed by atoms with Crippen LogP contribution in [0.4, 0.5) is 0 Å². The van der Waals surface area contributed by atoms with Crippen LogP contribution in [0.15, 0.2) is 29.3 Å². The number of hydrogen-bond donors (Lipinski definition) is 0. The highest BCUT2D eigenvalue weighted by Crippen LogP contribution is 2.01. The molecule has 0 aliphatic carbocycles. The second-order valence-electron chi connectivity index (χ2n) is 3.44. The summed E-state index contributed by atoms with van der Waals surface area (Å²) in [6, 6.07) is 10.3. The average Bonchev–Trinajstić information content (AvgIpc) is 2.17. The summed E-state index contributed by atoms with van der Waals surface area (Å²) in [6.45, 7) is 4.49. The molecular formula is C12H14N2.